The van der Waals surface area contributed by atoms with Crippen molar-refractivity contribution in [2.24, 2.45) is 0 Å². The van der Waals surface area contributed by atoms with Crippen LogP contribution in [-0.2, 0) is 6.54 Å². The molecule has 0 bridgehead atoms. The van der Waals surface area contributed by atoms with Gasteiger partial charge in [-0.1, -0.05) is 6.07 Å². The van der Waals surface area contributed by atoms with E-state index in [1.807, 2.05) is 6.07 Å². The van der Waals surface area contributed by atoms with E-state index < -0.39 is 4.92 Å². The van der Waals surface area contributed by atoms with Gasteiger partial charge in [-0.2, -0.15) is 10.2 Å². The minimum atomic E-state index is -0.471. The number of hydrogen-bond donors (Lipinski definition) is 1. The highest BCUT2D eigenvalue weighted by atomic mass is 16.6. The summed E-state index contributed by atoms with van der Waals surface area (Å²) in [7, 11) is 0. The SMILES string of the molecule is O=C(NCc1cccnc1-n1cccn1)c1cnn(-c2ccc([N+](=O)[O-])cc2)c1. The Morgan fingerprint density at radius 2 is 1.90 bits per heavy atom. The molecule has 0 fully saturated rings. The summed E-state index contributed by atoms with van der Waals surface area (Å²) in [5.41, 5.74) is 1.78. The molecular weight excluding hydrogens is 374 g/mol. The zero-order chi connectivity index (χ0) is 20.2. The number of nitrogens with zero attached hydrogens (tertiary/aromatic N) is 6. The van der Waals surface area contributed by atoms with Crippen molar-refractivity contribution in [1.29, 1.82) is 0 Å². The molecule has 10 nitrogen and oxygen atoms in total. The zero-order valence-corrected chi connectivity index (χ0v) is 15.0. The fourth-order valence-corrected chi connectivity index (χ4v) is 2.75. The third-order valence-corrected chi connectivity index (χ3v) is 4.20. The average Bonchev–Trinajstić information content (AvgIpc) is 3.44. The summed E-state index contributed by atoms with van der Waals surface area (Å²) in [6.45, 7) is 0.268. The molecule has 1 amide bonds. The fraction of sp³-hybridized carbons (Fsp3) is 0.0526. The minimum absolute atomic E-state index is 0.0108. The van der Waals surface area contributed by atoms with E-state index in [4.69, 9.17) is 0 Å². The molecule has 1 aromatic carbocycles. The fourth-order valence-electron chi connectivity index (χ4n) is 2.75. The van der Waals surface area contributed by atoms with Crippen molar-refractivity contribution in [2.75, 3.05) is 0 Å². The maximum absolute atomic E-state index is 12.5. The Kier molecular flexibility index (Phi) is 4.81. The molecule has 3 aromatic heterocycles. The van der Waals surface area contributed by atoms with Crippen LogP contribution in [-0.4, -0.2) is 35.4 Å². The molecule has 0 aliphatic rings. The Morgan fingerprint density at radius 1 is 1.07 bits per heavy atom. The van der Waals surface area contributed by atoms with Gasteiger partial charge in [0.05, 0.1) is 22.4 Å². The maximum atomic E-state index is 12.5. The van der Waals surface area contributed by atoms with Crippen molar-refractivity contribution >= 4 is 11.6 Å². The van der Waals surface area contributed by atoms with E-state index in [9.17, 15) is 14.9 Å². The Labute approximate surface area is 164 Å². The van der Waals surface area contributed by atoms with Crippen LogP contribution in [0.25, 0.3) is 11.5 Å². The van der Waals surface area contributed by atoms with E-state index in [-0.39, 0.29) is 18.1 Å². The van der Waals surface area contributed by atoms with Gasteiger partial charge in [-0.3, -0.25) is 14.9 Å². The van der Waals surface area contributed by atoms with Crippen LogP contribution in [0.3, 0.4) is 0 Å². The van der Waals surface area contributed by atoms with Crippen molar-refractivity contribution < 1.29 is 9.72 Å². The van der Waals surface area contributed by atoms with E-state index in [1.165, 1.54) is 23.0 Å². The molecule has 0 saturated heterocycles. The van der Waals surface area contributed by atoms with Crippen LogP contribution in [0, 0.1) is 10.1 Å². The molecule has 4 aromatic rings. The number of carbonyl (C=O) groups excluding carboxylic acids is 1. The van der Waals surface area contributed by atoms with Crippen LogP contribution in [0.1, 0.15) is 15.9 Å². The molecule has 3 heterocycles. The van der Waals surface area contributed by atoms with Crippen LogP contribution in [0.5, 0.6) is 0 Å². The van der Waals surface area contributed by atoms with Gasteiger partial charge in [-0.25, -0.2) is 14.3 Å². The number of nitrogens with one attached hydrogen (secondary N) is 1. The lowest BCUT2D eigenvalue weighted by Gasteiger charge is -2.09. The molecular formula is C19H15N7O3. The third-order valence-electron chi connectivity index (χ3n) is 4.20. The first-order valence-electron chi connectivity index (χ1n) is 8.63. The maximum Gasteiger partial charge on any atom is 0.269 e. The second-order valence-electron chi connectivity index (χ2n) is 6.07. The van der Waals surface area contributed by atoms with Gasteiger partial charge in [0, 0.05) is 49.0 Å². The molecule has 0 aliphatic heterocycles. The van der Waals surface area contributed by atoms with E-state index >= 15 is 0 Å². The summed E-state index contributed by atoms with van der Waals surface area (Å²) < 4.78 is 3.12. The number of carbonyl (C=O) groups is 1. The highest BCUT2D eigenvalue weighted by Crippen LogP contribution is 2.15. The quantitative estimate of drug-likeness (QED) is 0.399. The number of nitro benzene ring substituents is 1. The van der Waals surface area contributed by atoms with Crippen molar-refractivity contribution in [3.8, 4) is 11.5 Å². The number of benzene rings is 1. The number of pyridine rings is 1. The zero-order valence-electron chi connectivity index (χ0n) is 15.0. The van der Waals surface area contributed by atoms with Crippen LogP contribution in [0.15, 0.2) is 73.4 Å². The van der Waals surface area contributed by atoms with Crippen molar-refractivity contribution in [2.45, 2.75) is 6.54 Å². The van der Waals surface area contributed by atoms with Gasteiger partial charge in [0.1, 0.15) is 0 Å². The number of rotatable bonds is 6. The van der Waals surface area contributed by atoms with Gasteiger partial charge in [0.2, 0.25) is 0 Å². The number of hydrogen-bond acceptors (Lipinski definition) is 6. The van der Waals surface area contributed by atoms with Gasteiger partial charge in [-0.15, -0.1) is 0 Å². The van der Waals surface area contributed by atoms with Gasteiger partial charge in [-0.05, 0) is 24.3 Å². The molecule has 0 radical (unpaired) electrons. The first-order chi connectivity index (χ1) is 14.1. The predicted molar refractivity (Wildman–Crippen MR) is 103 cm³/mol. The molecule has 10 heteroatoms. The minimum Gasteiger partial charge on any atom is -0.348 e. The van der Waals surface area contributed by atoms with E-state index in [0.29, 0.717) is 17.1 Å². The highest BCUT2D eigenvalue weighted by Gasteiger charge is 2.12. The molecule has 0 spiro atoms. The molecule has 4 rings (SSSR count). The smallest absolute Gasteiger partial charge is 0.269 e. The second kappa shape index (κ2) is 7.72. The van der Waals surface area contributed by atoms with Crippen LogP contribution >= 0.6 is 0 Å². The summed E-state index contributed by atoms with van der Waals surface area (Å²) in [5, 5.41) is 21.9. The standard InChI is InChI=1S/C19H15N7O3/c27-19(21-11-14-3-1-8-20-18(14)24-10-2-9-22-24)15-12-23-25(13-15)16-4-6-17(7-5-16)26(28)29/h1-10,12-13H,11H2,(H,21,27). The molecule has 0 saturated carbocycles. The van der Waals surface area contributed by atoms with Crippen molar-refractivity contribution in [3.63, 3.8) is 0 Å². The summed E-state index contributed by atoms with van der Waals surface area (Å²) in [6, 6.07) is 11.4. The molecule has 0 aliphatic carbocycles. The summed E-state index contributed by atoms with van der Waals surface area (Å²) >= 11 is 0. The summed E-state index contributed by atoms with van der Waals surface area (Å²) in [5.74, 6) is 0.341. The van der Waals surface area contributed by atoms with Crippen LogP contribution in [0.4, 0.5) is 5.69 Å². The largest absolute Gasteiger partial charge is 0.348 e. The third kappa shape index (κ3) is 3.86. The normalized spacial score (nSPS) is 10.6. The van der Waals surface area contributed by atoms with Crippen molar-refractivity contribution in [3.05, 3.63) is 94.7 Å². The number of aromatic nitrogens is 5. The van der Waals surface area contributed by atoms with Crippen molar-refractivity contribution in [1.82, 2.24) is 29.9 Å². The van der Waals surface area contributed by atoms with Gasteiger partial charge in [0.25, 0.3) is 11.6 Å². The van der Waals surface area contributed by atoms with E-state index in [2.05, 4.69) is 20.5 Å². The van der Waals surface area contributed by atoms with Crippen LogP contribution in [0.2, 0.25) is 0 Å². The molecule has 1 N–H and O–H groups in total. The monoisotopic (exact) mass is 389 g/mol. The number of nitro groups is 1. The molecule has 0 unspecified atom stereocenters. The lowest BCUT2D eigenvalue weighted by molar-refractivity contribution is -0.384. The second-order valence-corrected chi connectivity index (χ2v) is 6.07. The van der Waals surface area contributed by atoms with E-state index in [0.717, 1.165) is 5.56 Å². The number of non-ortho nitro benzene ring substituents is 1. The first kappa shape index (κ1) is 18.0. The van der Waals surface area contributed by atoms with Gasteiger partial charge < -0.3 is 5.32 Å². The van der Waals surface area contributed by atoms with Gasteiger partial charge >= 0.3 is 0 Å². The predicted octanol–water partition coefficient (Wildman–Crippen LogP) is 2.29. The van der Waals surface area contributed by atoms with Crippen LogP contribution < -0.4 is 5.32 Å². The van der Waals surface area contributed by atoms with E-state index in [1.54, 1.807) is 53.7 Å². The highest BCUT2D eigenvalue weighted by molar-refractivity contribution is 5.93. The molecule has 144 valence electrons. The summed E-state index contributed by atoms with van der Waals surface area (Å²) in [6.07, 6.45) is 8.10. The first-order valence-corrected chi connectivity index (χ1v) is 8.63. The number of amides is 1. The Bertz CT molecular complexity index is 1150. The average molecular weight is 389 g/mol. The molecule has 0 atom stereocenters. The Balaban J connectivity index is 1.46. The summed E-state index contributed by atoms with van der Waals surface area (Å²) in [4.78, 5) is 27.1. The van der Waals surface area contributed by atoms with Gasteiger partial charge in [0.15, 0.2) is 5.82 Å². The topological polar surface area (TPSA) is 121 Å². The lowest BCUT2D eigenvalue weighted by Crippen LogP contribution is -2.23. The lowest BCUT2D eigenvalue weighted by atomic mass is 10.2. The molecule has 29 heavy (non-hydrogen) atoms. The Hall–Kier alpha value is -4.34. The Morgan fingerprint density at radius 3 is 2.62 bits per heavy atom.